The molecule has 0 aliphatic rings. The van der Waals surface area contributed by atoms with E-state index in [0.29, 0.717) is 12.1 Å². The minimum atomic E-state index is 0.444. The van der Waals surface area contributed by atoms with Crippen molar-refractivity contribution in [3.8, 4) is 0 Å². The molecular weight excluding hydrogens is 137 g/mol. The molecule has 0 amide bonds. The smallest absolute Gasteiger partial charge is 0.148 e. The molecule has 56 valence electrons. The molecule has 0 spiro atoms. The molecule has 0 N–H and O–H groups in total. The van der Waals surface area contributed by atoms with Crippen molar-refractivity contribution in [1.82, 2.24) is 15.2 Å². The Morgan fingerprint density at radius 3 is 2.55 bits per heavy atom. The van der Waals surface area contributed by atoms with Crippen molar-refractivity contribution >= 4 is 7.85 Å². The van der Waals surface area contributed by atoms with Crippen LogP contribution in [0, 0.1) is 6.92 Å². The predicted molar refractivity (Wildman–Crippen MR) is 43.4 cm³/mol. The Hall–Kier alpha value is -0.925. The van der Waals surface area contributed by atoms with Gasteiger partial charge < -0.3 is 0 Å². The average Bonchev–Trinajstić information content (AvgIpc) is 2.04. The summed E-state index contributed by atoms with van der Waals surface area (Å²) in [6.45, 7) is 3.83. The summed E-state index contributed by atoms with van der Waals surface area (Å²) < 4.78 is 0. The number of hydrogen-bond donors (Lipinski definition) is 0. The second-order valence-electron chi connectivity index (χ2n) is 2.31. The zero-order chi connectivity index (χ0) is 8.27. The van der Waals surface area contributed by atoms with Gasteiger partial charge in [-0.1, -0.05) is 6.92 Å². The molecule has 11 heavy (non-hydrogen) atoms. The zero-order valence-corrected chi connectivity index (χ0v) is 6.83. The Balaban J connectivity index is 3.06. The number of aryl methyl sites for hydroxylation is 2. The van der Waals surface area contributed by atoms with Crippen molar-refractivity contribution in [2.75, 3.05) is 0 Å². The maximum atomic E-state index is 5.46. The number of rotatable bonds is 2. The third-order valence-corrected chi connectivity index (χ3v) is 1.47. The summed E-state index contributed by atoms with van der Waals surface area (Å²) in [5, 5.41) is 7.82. The molecule has 0 fully saturated rings. The van der Waals surface area contributed by atoms with Crippen molar-refractivity contribution in [1.29, 1.82) is 0 Å². The first-order chi connectivity index (χ1) is 5.27. The van der Waals surface area contributed by atoms with Crippen LogP contribution in [-0.4, -0.2) is 23.0 Å². The van der Waals surface area contributed by atoms with Crippen molar-refractivity contribution in [2.24, 2.45) is 0 Å². The first-order valence-electron chi connectivity index (χ1n) is 3.67. The third kappa shape index (κ3) is 1.76. The Morgan fingerprint density at radius 1 is 1.27 bits per heavy atom. The average molecular weight is 147 g/mol. The fourth-order valence-electron chi connectivity index (χ4n) is 0.911. The van der Waals surface area contributed by atoms with Crippen molar-refractivity contribution in [3.05, 3.63) is 17.2 Å². The summed E-state index contributed by atoms with van der Waals surface area (Å²) >= 11 is 0. The molecule has 0 saturated heterocycles. The van der Waals surface area contributed by atoms with E-state index in [1.54, 1.807) is 0 Å². The van der Waals surface area contributed by atoms with Gasteiger partial charge in [-0.25, -0.2) is 4.98 Å². The van der Waals surface area contributed by atoms with Gasteiger partial charge in [0, 0.05) is 0 Å². The van der Waals surface area contributed by atoms with Crippen LogP contribution in [0.3, 0.4) is 0 Å². The highest BCUT2D eigenvalue weighted by Gasteiger charge is 2.01. The van der Waals surface area contributed by atoms with Crippen LogP contribution in [0.15, 0.2) is 0 Å². The van der Waals surface area contributed by atoms with Gasteiger partial charge in [-0.15, -0.1) is 5.10 Å². The third-order valence-electron chi connectivity index (χ3n) is 1.47. The minimum absolute atomic E-state index is 0.444. The highest BCUT2D eigenvalue weighted by molar-refractivity contribution is 6.08. The summed E-state index contributed by atoms with van der Waals surface area (Å²) in [5.41, 5.74) is 1.76. The first-order valence-corrected chi connectivity index (χ1v) is 3.67. The molecule has 0 aromatic carbocycles. The van der Waals surface area contributed by atoms with E-state index in [9.17, 15) is 0 Å². The van der Waals surface area contributed by atoms with Gasteiger partial charge in [0.25, 0.3) is 0 Å². The molecule has 4 heteroatoms. The van der Waals surface area contributed by atoms with E-state index in [1.807, 2.05) is 13.8 Å². The van der Waals surface area contributed by atoms with Crippen LogP contribution in [0.25, 0.3) is 0 Å². The van der Waals surface area contributed by atoms with E-state index in [1.165, 1.54) is 0 Å². The highest BCUT2D eigenvalue weighted by Crippen LogP contribution is 2.01. The van der Waals surface area contributed by atoms with Crippen LogP contribution in [0.4, 0.5) is 0 Å². The first kappa shape index (κ1) is 8.17. The van der Waals surface area contributed by atoms with Crippen LogP contribution in [0.5, 0.6) is 0 Å². The molecule has 0 unspecified atom stereocenters. The molecular formula is C7H10BN3. The molecule has 0 saturated carbocycles. The Bertz CT molecular complexity index is 249. The van der Waals surface area contributed by atoms with Gasteiger partial charge in [-0.05, 0) is 19.7 Å². The van der Waals surface area contributed by atoms with Crippen molar-refractivity contribution in [3.63, 3.8) is 0 Å². The van der Waals surface area contributed by atoms with E-state index in [4.69, 9.17) is 7.85 Å². The van der Waals surface area contributed by atoms with Crippen LogP contribution < -0.4 is 0 Å². The maximum Gasteiger partial charge on any atom is 0.148 e. The number of hydrogen-bond acceptors (Lipinski definition) is 3. The number of aromatic nitrogens is 3. The van der Waals surface area contributed by atoms with Gasteiger partial charge in [-0.3, -0.25) is 0 Å². The highest BCUT2D eigenvalue weighted by atomic mass is 15.2. The fourth-order valence-corrected chi connectivity index (χ4v) is 0.911. The second-order valence-corrected chi connectivity index (χ2v) is 2.31. The van der Waals surface area contributed by atoms with E-state index in [-0.39, 0.29) is 0 Å². The van der Waals surface area contributed by atoms with E-state index < -0.39 is 0 Å². The monoisotopic (exact) mass is 147 g/mol. The van der Waals surface area contributed by atoms with Crippen molar-refractivity contribution in [2.45, 2.75) is 26.6 Å². The minimum Gasteiger partial charge on any atom is -0.235 e. The predicted octanol–water partition coefficient (Wildman–Crippen LogP) is 0.411. The van der Waals surface area contributed by atoms with E-state index in [2.05, 4.69) is 15.2 Å². The molecule has 1 aromatic heterocycles. The van der Waals surface area contributed by atoms with Crippen LogP contribution in [0.2, 0.25) is 0 Å². The lowest BCUT2D eigenvalue weighted by Gasteiger charge is -2.01. The maximum absolute atomic E-state index is 5.46. The molecule has 1 rings (SSSR count). The van der Waals surface area contributed by atoms with Crippen molar-refractivity contribution < 1.29 is 0 Å². The van der Waals surface area contributed by atoms with Gasteiger partial charge in [0.15, 0.2) is 0 Å². The van der Waals surface area contributed by atoms with E-state index >= 15 is 0 Å². The fraction of sp³-hybridized carbons (Fsp3) is 0.571. The summed E-state index contributed by atoms with van der Waals surface area (Å²) in [7, 11) is 5.46. The Morgan fingerprint density at radius 2 is 2.00 bits per heavy atom. The Kier molecular flexibility index (Phi) is 2.57. The Labute approximate surface area is 67.7 Å². The normalized spacial score (nSPS) is 10.0. The largest absolute Gasteiger partial charge is 0.235 e. The number of nitrogens with zero attached hydrogens (tertiary/aromatic N) is 3. The SMILES string of the molecule is [B]Cc1nc(C)nnc1CC. The van der Waals surface area contributed by atoms with Gasteiger partial charge >= 0.3 is 0 Å². The van der Waals surface area contributed by atoms with Gasteiger partial charge in [-0.2, -0.15) is 5.10 Å². The molecule has 0 atom stereocenters. The van der Waals surface area contributed by atoms with Crippen LogP contribution in [-0.2, 0) is 12.7 Å². The van der Waals surface area contributed by atoms with Crippen LogP contribution >= 0.6 is 0 Å². The summed E-state index contributed by atoms with van der Waals surface area (Å²) in [4.78, 5) is 4.16. The second kappa shape index (κ2) is 3.46. The summed E-state index contributed by atoms with van der Waals surface area (Å²) in [6.07, 6.45) is 1.28. The topological polar surface area (TPSA) is 38.7 Å². The van der Waals surface area contributed by atoms with Gasteiger partial charge in [0.05, 0.1) is 19.2 Å². The molecule has 1 heterocycles. The quantitative estimate of drug-likeness (QED) is 0.568. The lowest BCUT2D eigenvalue weighted by Crippen LogP contribution is -2.04. The van der Waals surface area contributed by atoms with Crippen LogP contribution in [0.1, 0.15) is 24.1 Å². The zero-order valence-electron chi connectivity index (χ0n) is 6.83. The summed E-state index contributed by atoms with van der Waals surface area (Å²) in [5.74, 6) is 0.683. The summed E-state index contributed by atoms with van der Waals surface area (Å²) in [6, 6.07) is 0. The molecule has 0 aliphatic heterocycles. The van der Waals surface area contributed by atoms with E-state index in [0.717, 1.165) is 17.8 Å². The molecule has 3 nitrogen and oxygen atoms in total. The molecule has 2 radical (unpaired) electrons. The van der Waals surface area contributed by atoms with Gasteiger partial charge in [0.2, 0.25) is 0 Å². The standard InChI is InChI=1S/C7H10BN3/c1-3-6-7(4-8)9-5(2)10-11-6/h3-4H2,1-2H3. The molecule has 0 bridgehead atoms. The molecule has 1 aromatic rings. The molecule has 0 aliphatic carbocycles. The lowest BCUT2D eigenvalue weighted by molar-refractivity contribution is 0.810. The van der Waals surface area contributed by atoms with Gasteiger partial charge in [0.1, 0.15) is 5.82 Å². The lowest BCUT2D eigenvalue weighted by atomic mass is 9.99.